The van der Waals surface area contributed by atoms with Crippen LogP contribution < -0.4 is 0 Å². The van der Waals surface area contributed by atoms with Crippen LogP contribution in [0.25, 0.3) is 0 Å². The first-order valence-electron chi connectivity index (χ1n) is 5.73. The zero-order valence-electron chi connectivity index (χ0n) is 9.68. The standard InChI is InChI=1S/C11H18O6/c12-5-1-7-16-9(14)11(3-4-11)10(15)17-8-2-6-13/h12-13H,1-8H2. The van der Waals surface area contributed by atoms with Crippen LogP contribution in [-0.4, -0.2) is 48.6 Å². The highest BCUT2D eigenvalue weighted by atomic mass is 16.6. The van der Waals surface area contributed by atoms with E-state index in [9.17, 15) is 9.59 Å². The molecule has 6 nitrogen and oxygen atoms in total. The summed E-state index contributed by atoms with van der Waals surface area (Å²) >= 11 is 0. The average Bonchev–Trinajstić information content (AvgIpc) is 3.10. The van der Waals surface area contributed by atoms with Crippen molar-refractivity contribution in [1.29, 1.82) is 0 Å². The molecule has 1 aliphatic carbocycles. The summed E-state index contributed by atoms with van der Waals surface area (Å²) in [7, 11) is 0. The molecule has 0 atom stereocenters. The summed E-state index contributed by atoms with van der Waals surface area (Å²) in [6, 6.07) is 0. The quantitative estimate of drug-likeness (QED) is 0.344. The van der Waals surface area contributed by atoms with E-state index in [-0.39, 0.29) is 26.4 Å². The van der Waals surface area contributed by atoms with E-state index in [4.69, 9.17) is 19.7 Å². The van der Waals surface area contributed by atoms with E-state index in [1.807, 2.05) is 0 Å². The molecule has 0 aliphatic heterocycles. The van der Waals surface area contributed by atoms with Crippen LogP contribution in [0.2, 0.25) is 0 Å². The molecule has 0 radical (unpaired) electrons. The first-order chi connectivity index (χ1) is 8.17. The fourth-order valence-electron chi connectivity index (χ4n) is 1.35. The maximum atomic E-state index is 11.6. The molecule has 0 unspecified atom stereocenters. The van der Waals surface area contributed by atoms with Crippen LogP contribution in [0.5, 0.6) is 0 Å². The first-order valence-corrected chi connectivity index (χ1v) is 5.73. The third-order valence-electron chi connectivity index (χ3n) is 2.60. The summed E-state index contributed by atoms with van der Waals surface area (Å²) in [5.41, 5.74) is -1.12. The van der Waals surface area contributed by atoms with Crippen LogP contribution in [-0.2, 0) is 19.1 Å². The van der Waals surface area contributed by atoms with Crippen molar-refractivity contribution in [1.82, 2.24) is 0 Å². The van der Waals surface area contributed by atoms with Crippen LogP contribution in [0.15, 0.2) is 0 Å². The number of ether oxygens (including phenoxy) is 2. The Labute approximate surface area is 99.5 Å². The van der Waals surface area contributed by atoms with E-state index in [1.54, 1.807) is 0 Å². The highest BCUT2D eigenvalue weighted by molar-refractivity contribution is 6.03. The van der Waals surface area contributed by atoms with Crippen molar-refractivity contribution in [2.24, 2.45) is 5.41 Å². The third kappa shape index (κ3) is 3.67. The number of aliphatic hydroxyl groups excluding tert-OH is 2. The molecule has 0 amide bonds. The third-order valence-corrected chi connectivity index (χ3v) is 2.60. The summed E-state index contributed by atoms with van der Waals surface area (Å²) in [5.74, 6) is -1.14. The van der Waals surface area contributed by atoms with E-state index in [0.717, 1.165) is 0 Å². The van der Waals surface area contributed by atoms with Gasteiger partial charge in [-0.3, -0.25) is 9.59 Å². The molecule has 1 saturated carbocycles. The van der Waals surface area contributed by atoms with E-state index in [2.05, 4.69) is 0 Å². The van der Waals surface area contributed by atoms with Crippen molar-refractivity contribution < 1.29 is 29.3 Å². The molecule has 0 aromatic rings. The molecule has 1 fully saturated rings. The second kappa shape index (κ2) is 6.56. The van der Waals surface area contributed by atoms with Crippen molar-refractivity contribution in [3.63, 3.8) is 0 Å². The van der Waals surface area contributed by atoms with Gasteiger partial charge in [0.1, 0.15) is 0 Å². The minimum atomic E-state index is -1.12. The van der Waals surface area contributed by atoms with E-state index in [0.29, 0.717) is 25.7 Å². The molecule has 0 aromatic heterocycles. The van der Waals surface area contributed by atoms with Gasteiger partial charge >= 0.3 is 11.9 Å². The van der Waals surface area contributed by atoms with Gasteiger partial charge in [-0.25, -0.2) is 0 Å². The lowest BCUT2D eigenvalue weighted by atomic mass is 10.1. The molecule has 1 rings (SSSR count). The Hall–Kier alpha value is -1.14. The van der Waals surface area contributed by atoms with Gasteiger partial charge < -0.3 is 19.7 Å². The minimum Gasteiger partial charge on any atom is -0.465 e. The van der Waals surface area contributed by atoms with Crippen molar-refractivity contribution >= 4 is 11.9 Å². The Balaban J connectivity index is 2.34. The zero-order chi connectivity index (χ0) is 12.7. The second-order valence-corrected chi connectivity index (χ2v) is 4.01. The van der Waals surface area contributed by atoms with Crippen LogP contribution in [0.1, 0.15) is 25.7 Å². The normalized spacial score (nSPS) is 16.4. The van der Waals surface area contributed by atoms with Gasteiger partial charge in [-0.2, -0.15) is 0 Å². The number of aliphatic hydroxyl groups is 2. The highest BCUT2D eigenvalue weighted by Crippen LogP contribution is 2.47. The number of rotatable bonds is 8. The van der Waals surface area contributed by atoms with Gasteiger partial charge in [-0.15, -0.1) is 0 Å². The van der Waals surface area contributed by atoms with Gasteiger partial charge in [-0.1, -0.05) is 0 Å². The van der Waals surface area contributed by atoms with Crippen molar-refractivity contribution in [3.05, 3.63) is 0 Å². The van der Waals surface area contributed by atoms with Gasteiger partial charge in [0, 0.05) is 26.1 Å². The molecular formula is C11H18O6. The molecule has 98 valence electrons. The zero-order valence-corrected chi connectivity index (χ0v) is 9.68. The van der Waals surface area contributed by atoms with Gasteiger partial charge in [0.05, 0.1) is 13.2 Å². The minimum absolute atomic E-state index is 0.0543. The molecule has 0 bridgehead atoms. The summed E-state index contributed by atoms with van der Waals surface area (Å²) in [5, 5.41) is 17.1. The largest absolute Gasteiger partial charge is 0.465 e. The molecule has 0 heterocycles. The predicted octanol–water partition coefficient (Wildman–Crippen LogP) is -0.382. The number of carbonyl (C=O) groups is 2. The Morgan fingerprint density at radius 1 is 0.941 bits per heavy atom. The molecular weight excluding hydrogens is 228 g/mol. The lowest BCUT2D eigenvalue weighted by Gasteiger charge is -2.13. The van der Waals surface area contributed by atoms with Crippen LogP contribution in [0.4, 0.5) is 0 Å². The summed E-state index contributed by atoms with van der Waals surface area (Å²) < 4.78 is 9.78. The smallest absolute Gasteiger partial charge is 0.323 e. The summed E-state index contributed by atoms with van der Waals surface area (Å²) in [6.45, 7) is 0.116. The average molecular weight is 246 g/mol. The van der Waals surface area contributed by atoms with E-state index >= 15 is 0 Å². The van der Waals surface area contributed by atoms with Crippen molar-refractivity contribution in [3.8, 4) is 0 Å². The highest BCUT2D eigenvalue weighted by Gasteiger charge is 2.59. The monoisotopic (exact) mass is 246 g/mol. The lowest BCUT2D eigenvalue weighted by molar-refractivity contribution is -0.164. The molecule has 0 saturated heterocycles. The van der Waals surface area contributed by atoms with Crippen LogP contribution in [0.3, 0.4) is 0 Å². The van der Waals surface area contributed by atoms with Crippen molar-refractivity contribution in [2.75, 3.05) is 26.4 Å². The Morgan fingerprint density at radius 2 is 1.35 bits per heavy atom. The number of esters is 2. The fraction of sp³-hybridized carbons (Fsp3) is 0.818. The lowest BCUT2D eigenvalue weighted by Crippen LogP contribution is -2.30. The first kappa shape index (κ1) is 13.9. The Morgan fingerprint density at radius 3 is 1.65 bits per heavy atom. The topological polar surface area (TPSA) is 93.1 Å². The molecule has 1 aliphatic rings. The number of carbonyl (C=O) groups excluding carboxylic acids is 2. The maximum absolute atomic E-state index is 11.6. The SMILES string of the molecule is O=C(OCCCO)C1(C(=O)OCCCO)CC1. The Kier molecular flexibility index (Phi) is 5.37. The number of hydrogen-bond donors (Lipinski definition) is 2. The van der Waals surface area contributed by atoms with E-state index in [1.165, 1.54) is 0 Å². The maximum Gasteiger partial charge on any atom is 0.323 e. The van der Waals surface area contributed by atoms with Crippen LogP contribution in [0, 0.1) is 5.41 Å². The van der Waals surface area contributed by atoms with E-state index < -0.39 is 17.4 Å². The van der Waals surface area contributed by atoms with Gasteiger partial charge in [0.25, 0.3) is 0 Å². The predicted molar refractivity (Wildman–Crippen MR) is 57.0 cm³/mol. The fourth-order valence-corrected chi connectivity index (χ4v) is 1.35. The summed E-state index contributed by atoms with van der Waals surface area (Å²) in [4.78, 5) is 23.2. The summed E-state index contributed by atoms with van der Waals surface area (Å²) in [6.07, 6.45) is 1.62. The van der Waals surface area contributed by atoms with Crippen molar-refractivity contribution in [2.45, 2.75) is 25.7 Å². The number of hydrogen-bond acceptors (Lipinski definition) is 6. The molecule has 17 heavy (non-hydrogen) atoms. The second-order valence-electron chi connectivity index (χ2n) is 4.01. The molecule has 2 N–H and O–H groups in total. The van der Waals surface area contributed by atoms with Crippen LogP contribution >= 0.6 is 0 Å². The Bertz CT molecular complexity index is 247. The molecule has 6 heteroatoms. The molecule has 0 spiro atoms. The van der Waals surface area contributed by atoms with Gasteiger partial charge in [0.15, 0.2) is 5.41 Å². The van der Waals surface area contributed by atoms with Gasteiger partial charge in [-0.05, 0) is 12.8 Å². The van der Waals surface area contributed by atoms with Gasteiger partial charge in [0.2, 0.25) is 0 Å². The molecule has 0 aromatic carbocycles.